The number of hydrogen-bond acceptors (Lipinski definition) is 6. The predicted octanol–water partition coefficient (Wildman–Crippen LogP) is 5.88. The third-order valence-corrected chi connectivity index (χ3v) is 7.54. The molecule has 200 valence electrons. The van der Waals surface area contributed by atoms with Crippen LogP contribution in [0.2, 0.25) is 0 Å². The lowest BCUT2D eigenvalue weighted by Gasteiger charge is -2.24. The van der Waals surface area contributed by atoms with Crippen molar-refractivity contribution in [1.29, 1.82) is 0 Å². The standard InChI is InChI=1S/C26H17F4N3O5S/c1-37-23-13-15(17-10-18(26(28,29)30)14-19(27)11-17)2-6-22(23)33(24-8-9-38-32-24)39(35,36)20-4-5-21-16(12-20)3-7-25(34)31-21/h2-14H,1H3,(H,31,34). The summed E-state index contributed by atoms with van der Waals surface area (Å²) in [6.45, 7) is 0. The fourth-order valence-electron chi connectivity index (χ4n) is 4.03. The summed E-state index contributed by atoms with van der Waals surface area (Å²) < 4.78 is 92.7. The van der Waals surface area contributed by atoms with Gasteiger partial charge in [-0.1, -0.05) is 11.2 Å². The Morgan fingerprint density at radius 2 is 1.74 bits per heavy atom. The van der Waals surface area contributed by atoms with Gasteiger partial charge in [-0.3, -0.25) is 4.79 Å². The van der Waals surface area contributed by atoms with Crippen molar-refractivity contribution in [3.8, 4) is 16.9 Å². The normalized spacial score (nSPS) is 12.0. The van der Waals surface area contributed by atoms with Gasteiger partial charge in [0.15, 0.2) is 5.82 Å². The van der Waals surface area contributed by atoms with Crippen molar-refractivity contribution in [2.75, 3.05) is 11.4 Å². The number of rotatable bonds is 6. The zero-order chi connectivity index (χ0) is 27.9. The highest BCUT2D eigenvalue weighted by Crippen LogP contribution is 2.41. The Bertz CT molecular complexity index is 1850. The molecule has 0 fully saturated rings. The van der Waals surface area contributed by atoms with E-state index in [4.69, 9.17) is 9.26 Å². The zero-order valence-corrected chi connectivity index (χ0v) is 20.7. The molecule has 8 nitrogen and oxygen atoms in total. The maximum atomic E-state index is 14.0. The van der Waals surface area contributed by atoms with E-state index in [1.807, 2.05) is 0 Å². The van der Waals surface area contributed by atoms with Gasteiger partial charge in [0.05, 0.1) is 17.6 Å². The maximum Gasteiger partial charge on any atom is 0.416 e. The molecule has 3 aromatic carbocycles. The Hall–Kier alpha value is -4.65. The quantitative estimate of drug-likeness (QED) is 0.261. The van der Waals surface area contributed by atoms with E-state index in [2.05, 4.69) is 10.1 Å². The van der Waals surface area contributed by atoms with Gasteiger partial charge in [-0.15, -0.1) is 0 Å². The number of halogens is 4. The summed E-state index contributed by atoms with van der Waals surface area (Å²) >= 11 is 0. The summed E-state index contributed by atoms with van der Waals surface area (Å²) in [6.07, 6.45) is -3.61. The SMILES string of the molecule is COc1cc(-c2cc(F)cc(C(F)(F)F)c2)ccc1N(c1ccon1)S(=O)(=O)c1ccc2[nH]c(=O)ccc2c1. The van der Waals surface area contributed by atoms with Crippen LogP contribution in [0.25, 0.3) is 22.0 Å². The Balaban J connectivity index is 1.65. The van der Waals surface area contributed by atoms with Crippen LogP contribution in [0.1, 0.15) is 5.56 Å². The van der Waals surface area contributed by atoms with Crippen LogP contribution in [-0.2, 0) is 16.2 Å². The van der Waals surface area contributed by atoms with E-state index in [0.717, 1.165) is 22.7 Å². The Morgan fingerprint density at radius 1 is 0.949 bits per heavy atom. The van der Waals surface area contributed by atoms with Gasteiger partial charge in [0, 0.05) is 17.6 Å². The number of fused-ring (bicyclic) bond motifs is 1. The highest BCUT2D eigenvalue weighted by Gasteiger charge is 2.33. The number of sulfonamides is 1. The molecular weight excluding hydrogens is 542 g/mol. The van der Waals surface area contributed by atoms with Crippen LogP contribution in [0.15, 0.2) is 93.3 Å². The minimum Gasteiger partial charge on any atom is -0.495 e. The number of hydrogen-bond donors (Lipinski definition) is 1. The van der Waals surface area contributed by atoms with Crippen molar-refractivity contribution in [2.45, 2.75) is 11.1 Å². The molecule has 39 heavy (non-hydrogen) atoms. The molecule has 13 heteroatoms. The molecule has 5 aromatic rings. The lowest BCUT2D eigenvalue weighted by Crippen LogP contribution is -2.27. The summed E-state index contributed by atoms with van der Waals surface area (Å²) in [5.74, 6) is -1.28. The summed E-state index contributed by atoms with van der Waals surface area (Å²) in [6, 6.07) is 14.1. The van der Waals surface area contributed by atoms with Gasteiger partial charge in [-0.25, -0.2) is 17.1 Å². The Labute approximate surface area is 218 Å². The number of methoxy groups -OCH3 is 1. The van der Waals surface area contributed by atoms with Crippen LogP contribution in [0.3, 0.4) is 0 Å². The van der Waals surface area contributed by atoms with Crippen LogP contribution in [0.4, 0.5) is 29.1 Å². The van der Waals surface area contributed by atoms with E-state index >= 15 is 0 Å². The molecule has 0 radical (unpaired) electrons. The summed E-state index contributed by atoms with van der Waals surface area (Å²) in [4.78, 5) is 14.1. The van der Waals surface area contributed by atoms with Crippen molar-refractivity contribution in [3.63, 3.8) is 0 Å². The minimum absolute atomic E-state index is 0.0378. The molecule has 0 amide bonds. The summed E-state index contributed by atoms with van der Waals surface area (Å²) in [5, 5.41) is 4.21. The molecule has 0 aliphatic rings. The zero-order valence-electron chi connectivity index (χ0n) is 19.9. The van der Waals surface area contributed by atoms with E-state index in [-0.39, 0.29) is 38.8 Å². The van der Waals surface area contributed by atoms with Crippen molar-refractivity contribution >= 4 is 32.4 Å². The van der Waals surface area contributed by atoms with Gasteiger partial charge in [-0.05, 0) is 71.1 Å². The van der Waals surface area contributed by atoms with E-state index in [1.54, 1.807) is 0 Å². The molecular formula is C26H17F4N3O5S. The Morgan fingerprint density at radius 3 is 2.44 bits per heavy atom. The number of nitrogens with zero attached hydrogens (tertiary/aromatic N) is 2. The topological polar surface area (TPSA) is 106 Å². The number of benzene rings is 3. The first-order chi connectivity index (χ1) is 18.5. The van der Waals surface area contributed by atoms with Crippen LogP contribution < -0.4 is 14.6 Å². The third kappa shape index (κ3) is 4.95. The van der Waals surface area contributed by atoms with E-state index in [9.17, 15) is 30.8 Å². The molecule has 0 atom stereocenters. The van der Waals surface area contributed by atoms with Crippen molar-refractivity contribution in [1.82, 2.24) is 10.1 Å². The maximum absolute atomic E-state index is 14.0. The molecule has 0 unspecified atom stereocenters. The number of alkyl halides is 3. The molecule has 0 aliphatic heterocycles. The number of aromatic nitrogens is 2. The molecule has 0 saturated carbocycles. The van der Waals surface area contributed by atoms with Crippen LogP contribution in [0.5, 0.6) is 5.75 Å². The van der Waals surface area contributed by atoms with Crippen LogP contribution in [0, 0.1) is 5.82 Å². The van der Waals surface area contributed by atoms with Crippen molar-refractivity contribution in [3.05, 3.63) is 101 Å². The monoisotopic (exact) mass is 559 g/mol. The van der Waals surface area contributed by atoms with Gasteiger partial charge in [0.25, 0.3) is 10.0 Å². The molecule has 1 N–H and O–H groups in total. The second-order valence-electron chi connectivity index (χ2n) is 8.31. The first kappa shape index (κ1) is 26.0. The number of nitrogens with one attached hydrogen (secondary N) is 1. The summed E-state index contributed by atoms with van der Waals surface area (Å²) in [5.41, 5.74) is -1.09. The highest BCUT2D eigenvalue weighted by atomic mass is 32.2. The van der Waals surface area contributed by atoms with Gasteiger partial charge in [0.2, 0.25) is 5.56 Å². The first-order valence-corrected chi connectivity index (χ1v) is 12.6. The number of ether oxygens (including phenoxy) is 1. The summed E-state index contributed by atoms with van der Waals surface area (Å²) in [7, 11) is -3.15. The smallest absolute Gasteiger partial charge is 0.416 e. The predicted molar refractivity (Wildman–Crippen MR) is 134 cm³/mol. The molecule has 2 heterocycles. The molecule has 0 spiro atoms. The Kier molecular flexibility index (Phi) is 6.38. The van der Waals surface area contributed by atoms with Gasteiger partial charge in [0.1, 0.15) is 23.5 Å². The molecule has 5 rings (SSSR count). The fraction of sp³-hybridized carbons (Fsp3) is 0.0769. The van der Waals surface area contributed by atoms with E-state index in [1.165, 1.54) is 61.7 Å². The minimum atomic E-state index is -4.77. The second-order valence-corrected chi connectivity index (χ2v) is 10.1. The number of pyridine rings is 1. The lowest BCUT2D eigenvalue weighted by atomic mass is 10.0. The van der Waals surface area contributed by atoms with Crippen LogP contribution in [-0.4, -0.2) is 25.7 Å². The average molecular weight is 559 g/mol. The van der Waals surface area contributed by atoms with Crippen molar-refractivity contribution < 1.29 is 35.2 Å². The van der Waals surface area contributed by atoms with Crippen molar-refractivity contribution in [2.24, 2.45) is 0 Å². The highest BCUT2D eigenvalue weighted by molar-refractivity contribution is 7.93. The number of anilines is 2. The second kappa shape index (κ2) is 9.58. The largest absolute Gasteiger partial charge is 0.495 e. The van der Waals surface area contributed by atoms with E-state index in [0.29, 0.717) is 17.0 Å². The van der Waals surface area contributed by atoms with Gasteiger partial charge in [-0.2, -0.15) is 13.2 Å². The fourth-order valence-corrected chi connectivity index (χ4v) is 5.51. The van der Waals surface area contributed by atoms with E-state index < -0.39 is 27.6 Å². The lowest BCUT2D eigenvalue weighted by molar-refractivity contribution is -0.137. The van der Waals surface area contributed by atoms with Crippen LogP contribution >= 0.6 is 0 Å². The van der Waals surface area contributed by atoms with Gasteiger partial charge < -0.3 is 14.2 Å². The molecule has 0 saturated heterocycles. The molecule has 2 aromatic heterocycles. The number of aromatic amines is 1. The number of H-pyrrole nitrogens is 1. The first-order valence-electron chi connectivity index (χ1n) is 11.1. The average Bonchev–Trinajstić information content (AvgIpc) is 3.41. The molecule has 0 aliphatic carbocycles. The van der Waals surface area contributed by atoms with Gasteiger partial charge >= 0.3 is 6.18 Å². The third-order valence-electron chi connectivity index (χ3n) is 5.82. The molecule has 0 bridgehead atoms.